The molecule has 0 fully saturated rings. The molecule has 18 heavy (non-hydrogen) atoms. The second kappa shape index (κ2) is 5.45. The highest BCUT2D eigenvalue weighted by atomic mass is 79.9. The number of para-hydroxylation sites is 1. The SMILES string of the molecule is CC(C)NCc1cc2cccc(Br)c2n1C(C)C. The van der Waals surface area contributed by atoms with E-state index < -0.39 is 0 Å². The third-order valence-corrected chi connectivity index (χ3v) is 3.74. The second-order valence-corrected chi connectivity index (χ2v) is 6.17. The summed E-state index contributed by atoms with van der Waals surface area (Å²) in [6.07, 6.45) is 0. The second-order valence-electron chi connectivity index (χ2n) is 5.31. The Kier molecular flexibility index (Phi) is 4.13. The molecule has 98 valence electrons. The summed E-state index contributed by atoms with van der Waals surface area (Å²) >= 11 is 3.67. The third-order valence-electron chi connectivity index (χ3n) is 3.10. The van der Waals surface area contributed by atoms with Crippen LogP contribution in [0.1, 0.15) is 39.4 Å². The number of nitrogens with one attached hydrogen (secondary N) is 1. The van der Waals surface area contributed by atoms with E-state index in [0.717, 1.165) is 6.54 Å². The number of rotatable bonds is 4. The van der Waals surface area contributed by atoms with E-state index in [1.807, 2.05) is 0 Å². The van der Waals surface area contributed by atoms with Gasteiger partial charge in [0.05, 0.1) is 5.52 Å². The van der Waals surface area contributed by atoms with Crippen LogP contribution < -0.4 is 5.32 Å². The van der Waals surface area contributed by atoms with Gasteiger partial charge >= 0.3 is 0 Å². The fourth-order valence-corrected chi connectivity index (χ4v) is 2.90. The first-order valence-corrected chi connectivity index (χ1v) is 7.31. The first-order chi connectivity index (χ1) is 8.50. The minimum atomic E-state index is 0.463. The highest BCUT2D eigenvalue weighted by molar-refractivity contribution is 9.10. The number of fused-ring (bicyclic) bond motifs is 1. The summed E-state index contributed by atoms with van der Waals surface area (Å²) in [6.45, 7) is 9.74. The summed E-state index contributed by atoms with van der Waals surface area (Å²) in [6, 6.07) is 9.64. The van der Waals surface area contributed by atoms with Crippen LogP contribution in [-0.2, 0) is 6.54 Å². The zero-order valence-corrected chi connectivity index (χ0v) is 13.1. The van der Waals surface area contributed by atoms with Gasteiger partial charge in [-0.1, -0.05) is 26.0 Å². The first-order valence-electron chi connectivity index (χ1n) is 6.52. The van der Waals surface area contributed by atoms with Gasteiger partial charge in [-0.2, -0.15) is 0 Å². The molecule has 0 saturated heterocycles. The number of halogens is 1. The van der Waals surface area contributed by atoms with Crippen LogP contribution in [0.15, 0.2) is 28.7 Å². The van der Waals surface area contributed by atoms with Crippen LogP contribution in [0.25, 0.3) is 10.9 Å². The molecule has 1 N–H and O–H groups in total. The Morgan fingerprint density at radius 3 is 2.56 bits per heavy atom. The lowest BCUT2D eigenvalue weighted by molar-refractivity contribution is 0.534. The van der Waals surface area contributed by atoms with E-state index in [-0.39, 0.29) is 0 Å². The predicted molar refractivity (Wildman–Crippen MR) is 82.0 cm³/mol. The molecule has 0 saturated carbocycles. The Labute approximate surface area is 118 Å². The number of nitrogens with zero attached hydrogens (tertiary/aromatic N) is 1. The van der Waals surface area contributed by atoms with Gasteiger partial charge in [0.25, 0.3) is 0 Å². The minimum absolute atomic E-state index is 0.463. The lowest BCUT2D eigenvalue weighted by atomic mass is 10.2. The Bertz CT molecular complexity index is 541. The van der Waals surface area contributed by atoms with E-state index in [1.165, 1.54) is 21.1 Å². The molecule has 2 aromatic rings. The van der Waals surface area contributed by atoms with Crippen molar-refractivity contribution in [3.8, 4) is 0 Å². The van der Waals surface area contributed by atoms with Crippen molar-refractivity contribution in [2.45, 2.75) is 46.3 Å². The molecule has 0 radical (unpaired) electrons. The van der Waals surface area contributed by atoms with E-state index in [1.54, 1.807) is 0 Å². The van der Waals surface area contributed by atoms with Crippen LogP contribution >= 0.6 is 15.9 Å². The standard InChI is InChI=1S/C15H21BrN2/c1-10(2)17-9-13-8-12-6-5-7-14(16)15(12)18(13)11(3)4/h5-8,10-11,17H,9H2,1-4H3. The highest BCUT2D eigenvalue weighted by Gasteiger charge is 2.13. The lowest BCUT2D eigenvalue weighted by Gasteiger charge is -2.17. The van der Waals surface area contributed by atoms with Gasteiger partial charge < -0.3 is 9.88 Å². The maximum absolute atomic E-state index is 3.67. The van der Waals surface area contributed by atoms with Crippen molar-refractivity contribution in [3.05, 3.63) is 34.4 Å². The predicted octanol–water partition coefficient (Wildman–Crippen LogP) is 4.48. The van der Waals surface area contributed by atoms with Gasteiger partial charge in [0.2, 0.25) is 0 Å². The van der Waals surface area contributed by atoms with E-state index in [0.29, 0.717) is 12.1 Å². The lowest BCUT2D eigenvalue weighted by Crippen LogP contribution is -2.23. The first kappa shape index (κ1) is 13.6. The van der Waals surface area contributed by atoms with Crippen molar-refractivity contribution in [2.75, 3.05) is 0 Å². The normalized spacial score (nSPS) is 11.9. The fraction of sp³-hybridized carbons (Fsp3) is 0.467. The molecule has 1 aromatic heterocycles. The van der Waals surface area contributed by atoms with Crippen molar-refractivity contribution < 1.29 is 0 Å². The van der Waals surface area contributed by atoms with Gasteiger partial charge in [0.1, 0.15) is 0 Å². The zero-order chi connectivity index (χ0) is 13.3. The Morgan fingerprint density at radius 2 is 1.94 bits per heavy atom. The average Bonchev–Trinajstić information content (AvgIpc) is 2.66. The van der Waals surface area contributed by atoms with E-state index >= 15 is 0 Å². The molecule has 1 aromatic carbocycles. The highest BCUT2D eigenvalue weighted by Crippen LogP contribution is 2.30. The van der Waals surface area contributed by atoms with Gasteiger partial charge in [0, 0.05) is 34.2 Å². The molecule has 2 rings (SSSR count). The molecule has 3 heteroatoms. The van der Waals surface area contributed by atoms with Crippen molar-refractivity contribution in [1.82, 2.24) is 9.88 Å². The van der Waals surface area contributed by atoms with Gasteiger partial charge in [-0.15, -0.1) is 0 Å². The third kappa shape index (κ3) is 2.62. The quantitative estimate of drug-likeness (QED) is 0.881. The van der Waals surface area contributed by atoms with Crippen molar-refractivity contribution >= 4 is 26.8 Å². The Morgan fingerprint density at radius 1 is 1.22 bits per heavy atom. The van der Waals surface area contributed by atoms with Gasteiger partial charge in [-0.05, 0) is 41.9 Å². The monoisotopic (exact) mass is 308 g/mol. The molecule has 0 spiro atoms. The molecular formula is C15H21BrN2. The molecule has 0 amide bonds. The number of aromatic nitrogens is 1. The maximum Gasteiger partial charge on any atom is 0.0629 e. The summed E-state index contributed by atoms with van der Waals surface area (Å²) in [5.74, 6) is 0. The zero-order valence-electron chi connectivity index (χ0n) is 11.5. The molecular weight excluding hydrogens is 288 g/mol. The van der Waals surface area contributed by atoms with Crippen LogP contribution in [0.4, 0.5) is 0 Å². The summed E-state index contributed by atoms with van der Waals surface area (Å²) in [7, 11) is 0. The average molecular weight is 309 g/mol. The van der Waals surface area contributed by atoms with E-state index in [9.17, 15) is 0 Å². The summed E-state index contributed by atoms with van der Waals surface area (Å²) in [5.41, 5.74) is 2.65. The largest absolute Gasteiger partial charge is 0.340 e. The Hall–Kier alpha value is -0.800. The Balaban J connectivity index is 2.52. The van der Waals surface area contributed by atoms with E-state index in [4.69, 9.17) is 0 Å². The van der Waals surface area contributed by atoms with Gasteiger partial charge in [-0.25, -0.2) is 0 Å². The van der Waals surface area contributed by atoms with Crippen LogP contribution in [-0.4, -0.2) is 10.6 Å². The molecule has 0 aliphatic heterocycles. The molecule has 0 unspecified atom stereocenters. The van der Waals surface area contributed by atoms with Crippen LogP contribution in [0, 0.1) is 0 Å². The molecule has 0 aliphatic carbocycles. The van der Waals surface area contributed by atoms with Crippen LogP contribution in [0.5, 0.6) is 0 Å². The number of hydrogen-bond donors (Lipinski definition) is 1. The maximum atomic E-state index is 3.67. The molecule has 2 nitrogen and oxygen atoms in total. The van der Waals surface area contributed by atoms with Crippen molar-refractivity contribution in [1.29, 1.82) is 0 Å². The van der Waals surface area contributed by atoms with Crippen LogP contribution in [0.3, 0.4) is 0 Å². The smallest absolute Gasteiger partial charge is 0.0629 e. The fourth-order valence-electron chi connectivity index (χ4n) is 2.33. The number of hydrogen-bond acceptors (Lipinski definition) is 1. The molecule has 0 atom stereocenters. The van der Waals surface area contributed by atoms with Gasteiger partial charge in [-0.3, -0.25) is 0 Å². The topological polar surface area (TPSA) is 17.0 Å². The molecule has 0 aliphatic rings. The summed E-state index contributed by atoms with van der Waals surface area (Å²) in [5, 5.41) is 4.81. The van der Waals surface area contributed by atoms with Gasteiger partial charge in [0.15, 0.2) is 0 Å². The molecule has 1 heterocycles. The van der Waals surface area contributed by atoms with Crippen molar-refractivity contribution in [2.24, 2.45) is 0 Å². The molecule has 0 bridgehead atoms. The van der Waals surface area contributed by atoms with E-state index in [2.05, 4.69) is 77.8 Å². The minimum Gasteiger partial charge on any atom is -0.340 e. The van der Waals surface area contributed by atoms with Crippen molar-refractivity contribution in [3.63, 3.8) is 0 Å². The summed E-state index contributed by atoms with van der Waals surface area (Å²) < 4.78 is 3.58. The number of benzene rings is 1. The van der Waals surface area contributed by atoms with Crippen LogP contribution in [0.2, 0.25) is 0 Å². The summed E-state index contributed by atoms with van der Waals surface area (Å²) in [4.78, 5) is 0.